The second-order valence-corrected chi connectivity index (χ2v) is 31.0. The van der Waals surface area contributed by atoms with Crippen LogP contribution in [0.2, 0.25) is 0 Å². The number of hydrogen-bond acceptors (Lipinski definition) is 21. The zero-order valence-corrected chi connectivity index (χ0v) is 69.2. The summed E-state index contributed by atoms with van der Waals surface area (Å²) in [6.07, 6.45) is 25.1. The Hall–Kier alpha value is -15.3. The smallest absolute Gasteiger partial charge is 0.276 e. The van der Waals surface area contributed by atoms with Gasteiger partial charge in [0, 0.05) is 143 Å². The molecule has 8 N–H and O–H groups in total. The molecule has 0 radical (unpaired) electrons. The number of hydrogen-bond donors (Lipinski definition) is 8. The van der Waals surface area contributed by atoms with Crippen molar-refractivity contribution in [1.82, 2.24) is 95.4 Å². The van der Waals surface area contributed by atoms with Gasteiger partial charge in [0.1, 0.15) is 11.5 Å². The number of morpholine rings is 1. The summed E-state index contributed by atoms with van der Waals surface area (Å²) in [6.45, 7) is 18.3. The van der Waals surface area contributed by atoms with Gasteiger partial charge in [0.25, 0.3) is 23.6 Å². The molecule has 0 bridgehead atoms. The molecule has 15 heterocycles. The maximum absolute atomic E-state index is 12.8. The fourth-order valence-corrected chi connectivity index (χ4v) is 14.9. The topological polar surface area (TPSA) is 362 Å². The number of rotatable bonds is 20. The van der Waals surface area contributed by atoms with Crippen LogP contribution in [0.5, 0.6) is 11.5 Å². The van der Waals surface area contributed by atoms with Gasteiger partial charge in [0.2, 0.25) is 0 Å². The third kappa shape index (κ3) is 20.5. The summed E-state index contributed by atoms with van der Waals surface area (Å²) in [5.74, 6) is 0.243. The predicted octanol–water partition coefficient (Wildman–Crippen LogP) is 16.7. The number of H-pyrrole nitrogens is 4. The molecule has 0 unspecified atom stereocenters. The Morgan fingerprint density at radius 2 is 0.632 bits per heavy atom. The fraction of sp³-hybridized carbons (Fsp3) is 0.188. The van der Waals surface area contributed by atoms with E-state index < -0.39 is 0 Å². The minimum absolute atomic E-state index is 0.269. The molecule has 17 aromatic rings. The van der Waals surface area contributed by atoms with E-state index in [0.29, 0.717) is 51.3 Å². The van der Waals surface area contributed by atoms with E-state index in [9.17, 15) is 19.2 Å². The number of pyridine rings is 8. The number of carbonyl (C=O) groups excluding carboxylic acids is 4. The van der Waals surface area contributed by atoms with Crippen LogP contribution in [0.1, 0.15) is 101 Å². The Kier molecular flexibility index (Phi) is 25.1. The lowest BCUT2D eigenvalue weighted by atomic mass is 10.0. The largest absolute Gasteiger partial charge is 0.456 e. The van der Waals surface area contributed by atoms with Crippen molar-refractivity contribution in [2.45, 2.75) is 66.6 Å². The summed E-state index contributed by atoms with van der Waals surface area (Å²) in [7, 11) is 0. The number of amides is 4. The van der Waals surface area contributed by atoms with Crippen molar-refractivity contribution < 1.29 is 28.7 Å². The van der Waals surface area contributed by atoms with Crippen molar-refractivity contribution in [3.63, 3.8) is 0 Å². The van der Waals surface area contributed by atoms with Crippen LogP contribution in [0, 0.1) is 27.7 Å². The lowest BCUT2D eigenvalue weighted by molar-refractivity contribution is 0.0341. The van der Waals surface area contributed by atoms with Crippen molar-refractivity contribution in [3.8, 4) is 56.0 Å². The molecule has 20 rings (SSSR count). The van der Waals surface area contributed by atoms with Crippen molar-refractivity contribution in [2.75, 3.05) is 73.7 Å². The molecule has 3 fully saturated rings. The number of anilines is 4. The van der Waals surface area contributed by atoms with Gasteiger partial charge in [-0.15, -0.1) is 0 Å². The van der Waals surface area contributed by atoms with Crippen LogP contribution in [-0.2, 0) is 24.4 Å². The zero-order chi connectivity index (χ0) is 85.5. The van der Waals surface area contributed by atoms with Gasteiger partial charge in [-0.25, -0.2) is 0 Å². The number of carbonyl (C=O) groups is 4. The number of aromatic amines is 4. The number of fused-ring (bicyclic) bond motifs is 4. The summed E-state index contributed by atoms with van der Waals surface area (Å²) < 4.78 is 11.3. The molecule has 5 aromatic carbocycles. The highest BCUT2D eigenvalue weighted by molar-refractivity contribution is 6.14. The van der Waals surface area contributed by atoms with E-state index in [0.717, 1.165) is 194 Å². The Morgan fingerprint density at radius 1 is 0.320 bits per heavy atom. The Bertz CT molecular complexity index is 6680. The van der Waals surface area contributed by atoms with E-state index in [4.69, 9.17) is 9.47 Å². The van der Waals surface area contributed by atoms with Crippen LogP contribution in [0.3, 0.4) is 0 Å². The first kappa shape index (κ1) is 82.0. The molecule has 0 spiro atoms. The molecule has 3 aliphatic heterocycles. The normalized spacial score (nSPS) is 13.3. The van der Waals surface area contributed by atoms with E-state index in [1.165, 1.54) is 30.4 Å². The molecule has 0 saturated carbocycles. The van der Waals surface area contributed by atoms with Crippen LogP contribution in [0.4, 0.5) is 22.7 Å². The SMILES string of the molecule is Cc1ccc(NC(=O)c2n[nH]c3ccc(-c4cncc(CN5CCC5)c4)cc23)cn1.Cc1ccc(NC(=O)c2n[nH]c3ccc(-c4cncc(CN5CCCC5)c4)cc23)cn1.Cc1ccc(NC(=O)c2n[nH]c3ccc(-c4cncc(CN5CCOCC5)c4)cc23)cn1.Cc1ccc(NC(=O)c2n[nH]c3ccc(-c4cncc(Oc5ccccc5)c4)cc23)cn1. The van der Waals surface area contributed by atoms with Gasteiger partial charge in [0.05, 0.1) is 89.0 Å². The van der Waals surface area contributed by atoms with E-state index in [2.05, 4.69) is 135 Å². The van der Waals surface area contributed by atoms with Crippen LogP contribution < -0.4 is 26.0 Å². The zero-order valence-electron chi connectivity index (χ0n) is 69.2. The molecule has 0 aliphatic carbocycles. The number of nitrogens with one attached hydrogen (secondary N) is 8. The minimum Gasteiger partial charge on any atom is -0.456 e. The molecule has 125 heavy (non-hydrogen) atoms. The number of benzene rings is 5. The standard InChI is InChI=1S/C25H19N5O2.C24H24N6O2.C24H24N6O.C23H22N6O/c1-16-7-9-19(14-27-16)28-25(31)24-22-12-17(8-10-23(22)29-30-24)18-11-21(15-26-13-18)32-20-5-3-2-4-6-20;1-16-2-4-20(14-26-16)27-24(31)23-21-11-18(3-5-22(21)28-29-23)19-10-17(12-25-13-19)15-30-6-8-32-9-7-30;1-16-4-6-20(14-26-16)27-24(31)23-21-11-18(5-7-22(21)28-29-23)19-10-17(12-25-13-19)15-30-8-2-3-9-30;1-15-3-5-19(13-25-15)26-23(30)22-20-10-17(4-6-21(20)27-28-22)18-9-16(11-24-12-18)14-29-7-2-8-29/h2-15H,1H3,(H,28,31)(H,29,30);2-5,10-14H,6-9,15H2,1H3,(H,27,31)(H,28,29);4-7,10-14H,2-3,8-9,15H2,1H3,(H,27,31)(H,28,29);3-6,9-13H,2,7-8,14H2,1H3,(H,26,30)(H,27,28). The highest BCUT2D eigenvalue weighted by atomic mass is 16.5. The van der Waals surface area contributed by atoms with E-state index in [1.54, 1.807) is 37.2 Å². The summed E-state index contributed by atoms with van der Waals surface area (Å²) in [5, 5.41) is 43.2. The average molecular weight is 1660 g/mol. The van der Waals surface area contributed by atoms with Crippen molar-refractivity contribution in [1.29, 1.82) is 0 Å². The quantitative estimate of drug-likeness (QED) is 0.0351. The third-order valence-electron chi connectivity index (χ3n) is 21.7. The van der Waals surface area contributed by atoms with E-state index >= 15 is 0 Å². The maximum Gasteiger partial charge on any atom is 0.276 e. The van der Waals surface area contributed by atoms with Gasteiger partial charge in [-0.05, 0) is 246 Å². The molecule has 624 valence electrons. The second-order valence-electron chi connectivity index (χ2n) is 31.0. The molecule has 3 saturated heterocycles. The van der Waals surface area contributed by atoms with Gasteiger partial charge in [-0.2, -0.15) is 20.4 Å². The Morgan fingerprint density at radius 3 is 0.944 bits per heavy atom. The first-order valence-corrected chi connectivity index (χ1v) is 41.3. The first-order valence-electron chi connectivity index (χ1n) is 41.3. The van der Waals surface area contributed by atoms with Gasteiger partial charge < -0.3 is 30.7 Å². The summed E-state index contributed by atoms with van der Waals surface area (Å²) in [4.78, 5) is 93.0. The monoisotopic (exact) mass is 1660 g/mol. The van der Waals surface area contributed by atoms with E-state index in [-0.39, 0.29) is 23.6 Å². The van der Waals surface area contributed by atoms with Crippen LogP contribution in [-0.4, -0.2) is 171 Å². The van der Waals surface area contributed by atoms with Crippen molar-refractivity contribution >= 4 is 90.0 Å². The number of aryl methyl sites for hydroxylation is 4. The third-order valence-corrected chi connectivity index (χ3v) is 21.7. The van der Waals surface area contributed by atoms with Gasteiger partial charge >= 0.3 is 0 Å². The Labute approximate surface area is 719 Å². The molecular weight excluding hydrogens is 1570 g/mol. The summed E-state index contributed by atoms with van der Waals surface area (Å²) in [6, 6.07) is 56.3. The van der Waals surface area contributed by atoms with Crippen LogP contribution >= 0.6 is 0 Å². The molecule has 29 nitrogen and oxygen atoms in total. The van der Waals surface area contributed by atoms with Gasteiger partial charge in [-0.1, -0.05) is 42.5 Å². The summed E-state index contributed by atoms with van der Waals surface area (Å²) >= 11 is 0. The van der Waals surface area contributed by atoms with Crippen LogP contribution in [0.25, 0.3) is 88.1 Å². The first-order chi connectivity index (χ1) is 61.1. The highest BCUT2D eigenvalue weighted by Crippen LogP contribution is 2.34. The molecule has 29 heteroatoms. The second kappa shape index (κ2) is 38.2. The van der Waals surface area contributed by atoms with E-state index in [1.807, 2.05) is 223 Å². The number of nitrogens with zero attached hydrogens (tertiary/aromatic N) is 15. The summed E-state index contributed by atoms with van der Waals surface area (Å²) in [5.41, 5.74) is 22.1. The molecular formula is C96H89N23O6. The van der Waals surface area contributed by atoms with Crippen molar-refractivity contribution in [2.24, 2.45) is 0 Å². The minimum atomic E-state index is -0.307. The molecule has 0 atom stereocenters. The number of likely N-dealkylation sites (tertiary alicyclic amines) is 2. The Balaban J connectivity index is 0.000000118. The highest BCUT2D eigenvalue weighted by Gasteiger charge is 2.23. The molecule has 4 amide bonds. The lowest BCUT2D eigenvalue weighted by Gasteiger charge is -2.30. The molecule has 12 aromatic heterocycles. The van der Waals surface area contributed by atoms with Crippen LogP contribution in [0.15, 0.2) is 250 Å². The average Bonchev–Trinajstić information content (AvgIpc) is 1.66. The number of para-hydroxylation sites is 1. The van der Waals surface area contributed by atoms with Crippen molar-refractivity contribution in [3.05, 3.63) is 313 Å². The number of aromatic nitrogens is 16. The fourth-order valence-electron chi connectivity index (χ4n) is 14.9. The predicted molar refractivity (Wildman–Crippen MR) is 482 cm³/mol. The maximum atomic E-state index is 12.8. The van der Waals surface area contributed by atoms with Gasteiger partial charge in [0.15, 0.2) is 22.8 Å². The molecule has 3 aliphatic rings. The number of ether oxygens (including phenoxy) is 2. The lowest BCUT2D eigenvalue weighted by Crippen LogP contribution is -2.36. The van der Waals surface area contributed by atoms with Gasteiger partial charge in [-0.3, -0.25) is 94.1 Å².